The van der Waals surface area contributed by atoms with Crippen molar-refractivity contribution in [2.75, 3.05) is 7.05 Å². The van der Waals surface area contributed by atoms with E-state index in [2.05, 4.69) is 9.98 Å². The molecule has 0 fully saturated rings. The zero-order chi connectivity index (χ0) is 20.1. The van der Waals surface area contributed by atoms with E-state index < -0.39 is 11.7 Å². The SMILES string of the molecule is CN=Cc1cc(C(F)(F)F)ccc1Oc1ccc(-c2cccc(C=O)n2)cc1. The Morgan fingerprint density at radius 2 is 1.79 bits per heavy atom. The van der Waals surface area contributed by atoms with Gasteiger partial charge >= 0.3 is 6.18 Å². The van der Waals surface area contributed by atoms with Gasteiger partial charge in [0.05, 0.1) is 11.3 Å². The zero-order valence-electron chi connectivity index (χ0n) is 14.8. The summed E-state index contributed by atoms with van der Waals surface area (Å²) in [5.74, 6) is 0.702. The first-order valence-electron chi connectivity index (χ1n) is 8.24. The lowest BCUT2D eigenvalue weighted by atomic mass is 10.1. The number of aliphatic imine (C=N–C) groups is 1. The molecule has 1 aromatic heterocycles. The molecule has 2 aromatic carbocycles. The van der Waals surface area contributed by atoms with Crippen molar-refractivity contribution in [2.24, 2.45) is 4.99 Å². The molecule has 7 heteroatoms. The Kier molecular flexibility index (Phi) is 5.54. The van der Waals surface area contributed by atoms with E-state index in [1.54, 1.807) is 42.5 Å². The molecule has 0 radical (unpaired) electrons. The summed E-state index contributed by atoms with van der Waals surface area (Å²) in [6.07, 6.45) is -2.46. The number of nitrogens with zero attached hydrogens (tertiary/aromatic N) is 2. The number of aldehydes is 1. The lowest BCUT2D eigenvalue weighted by Gasteiger charge is -2.12. The number of carbonyl (C=O) groups is 1. The molecule has 0 bridgehead atoms. The molecule has 0 saturated carbocycles. The van der Waals surface area contributed by atoms with Gasteiger partial charge in [0.25, 0.3) is 0 Å². The third kappa shape index (κ3) is 4.43. The summed E-state index contributed by atoms with van der Waals surface area (Å²) < 4.78 is 44.5. The predicted octanol–water partition coefficient (Wildman–Crippen LogP) is 5.42. The van der Waals surface area contributed by atoms with Crippen molar-refractivity contribution in [3.8, 4) is 22.8 Å². The molecule has 1 heterocycles. The van der Waals surface area contributed by atoms with Crippen molar-refractivity contribution in [2.45, 2.75) is 6.18 Å². The highest BCUT2D eigenvalue weighted by Gasteiger charge is 2.31. The predicted molar refractivity (Wildman–Crippen MR) is 100 cm³/mol. The van der Waals surface area contributed by atoms with Crippen LogP contribution in [0.1, 0.15) is 21.6 Å². The van der Waals surface area contributed by atoms with Gasteiger partial charge in [0, 0.05) is 24.4 Å². The molecule has 0 saturated heterocycles. The van der Waals surface area contributed by atoms with Crippen LogP contribution in [0, 0.1) is 0 Å². The van der Waals surface area contributed by atoms with E-state index in [0.717, 1.165) is 17.7 Å². The molecule has 0 unspecified atom stereocenters. The van der Waals surface area contributed by atoms with Gasteiger partial charge in [-0.15, -0.1) is 0 Å². The second kappa shape index (κ2) is 8.04. The Bertz CT molecular complexity index is 1010. The summed E-state index contributed by atoms with van der Waals surface area (Å²) in [5.41, 5.74) is 1.18. The largest absolute Gasteiger partial charge is 0.457 e. The van der Waals surface area contributed by atoms with Gasteiger partial charge in [-0.05, 0) is 54.6 Å². The quantitative estimate of drug-likeness (QED) is 0.436. The molecule has 0 amide bonds. The lowest BCUT2D eigenvalue weighted by molar-refractivity contribution is -0.137. The van der Waals surface area contributed by atoms with Crippen molar-refractivity contribution in [3.05, 3.63) is 77.5 Å². The normalized spacial score (nSPS) is 11.6. The molecule has 4 nitrogen and oxygen atoms in total. The Labute approximate surface area is 159 Å². The Morgan fingerprint density at radius 1 is 1.04 bits per heavy atom. The molecule has 142 valence electrons. The summed E-state index contributed by atoms with van der Waals surface area (Å²) >= 11 is 0. The Morgan fingerprint density at radius 3 is 2.43 bits per heavy atom. The fourth-order valence-electron chi connectivity index (χ4n) is 2.56. The summed E-state index contributed by atoms with van der Waals surface area (Å²) in [6.45, 7) is 0. The van der Waals surface area contributed by atoms with E-state index in [1.807, 2.05) is 0 Å². The summed E-state index contributed by atoms with van der Waals surface area (Å²) in [6, 6.07) is 15.2. The second-order valence-corrected chi connectivity index (χ2v) is 5.83. The highest BCUT2D eigenvalue weighted by molar-refractivity contribution is 5.84. The van der Waals surface area contributed by atoms with Crippen molar-refractivity contribution in [1.82, 2.24) is 4.98 Å². The topological polar surface area (TPSA) is 51.5 Å². The Balaban J connectivity index is 1.86. The number of hydrogen-bond acceptors (Lipinski definition) is 4. The van der Waals surface area contributed by atoms with Crippen LogP contribution in [0.2, 0.25) is 0 Å². The van der Waals surface area contributed by atoms with E-state index in [0.29, 0.717) is 23.4 Å². The van der Waals surface area contributed by atoms with Crippen LogP contribution in [0.4, 0.5) is 13.2 Å². The number of benzene rings is 2. The third-order valence-electron chi connectivity index (χ3n) is 3.87. The number of aromatic nitrogens is 1. The maximum absolute atomic E-state index is 12.9. The van der Waals surface area contributed by atoms with E-state index in [4.69, 9.17) is 4.74 Å². The van der Waals surface area contributed by atoms with E-state index >= 15 is 0 Å². The first-order chi connectivity index (χ1) is 13.4. The van der Waals surface area contributed by atoms with Gasteiger partial charge in [0.2, 0.25) is 0 Å². The number of ether oxygens (including phenoxy) is 1. The minimum atomic E-state index is -4.44. The van der Waals surface area contributed by atoms with Gasteiger partial charge in [-0.25, -0.2) is 4.98 Å². The molecule has 0 atom stereocenters. The molecule has 0 spiro atoms. The van der Waals surface area contributed by atoms with E-state index in [9.17, 15) is 18.0 Å². The lowest BCUT2D eigenvalue weighted by Crippen LogP contribution is -2.06. The molecule has 3 rings (SSSR count). The van der Waals surface area contributed by atoms with Crippen molar-refractivity contribution in [1.29, 1.82) is 0 Å². The molecular weight excluding hydrogens is 369 g/mol. The summed E-state index contributed by atoms with van der Waals surface area (Å²) in [7, 11) is 1.47. The first kappa shape index (κ1) is 19.3. The van der Waals surface area contributed by atoms with Crippen LogP contribution in [-0.4, -0.2) is 24.5 Å². The molecule has 0 aliphatic heterocycles. The standard InChI is InChI=1S/C21H15F3N2O2/c1-25-12-15-11-16(21(22,23)24)7-10-20(15)28-18-8-5-14(6-9-18)19-4-2-3-17(13-27)26-19/h2-13H,1H3. The maximum atomic E-state index is 12.9. The third-order valence-corrected chi connectivity index (χ3v) is 3.87. The second-order valence-electron chi connectivity index (χ2n) is 5.83. The number of rotatable bonds is 5. The maximum Gasteiger partial charge on any atom is 0.416 e. The average molecular weight is 384 g/mol. The number of pyridine rings is 1. The van der Waals surface area contributed by atoms with Crippen LogP contribution in [0.25, 0.3) is 11.3 Å². The number of halogens is 3. The first-order valence-corrected chi connectivity index (χ1v) is 8.24. The Hall–Kier alpha value is -3.48. The van der Waals surface area contributed by atoms with Crippen LogP contribution in [-0.2, 0) is 6.18 Å². The van der Waals surface area contributed by atoms with Crippen LogP contribution in [0.15, 0.2) is 65.7 Å². The van der Waals surface area contributed by atoms with Gasteiger partial charge in [0.1, 0.15) is 17.2 Å². The average Bonchev–Trinajstić information content (AvgIpc) is 2.69. The number of carbonyl (C=O) groups excluding carboxylic acids is 1. The van der Waals surface area contributed by atoms with Crippen molar-refractivity contribution >= 4 is 12.5 Å². The van der Waals surface area contributed by atoms with E-state index in [-0.39, 0.29) is 11.3 Å². The van der Waals surface area contributed by atoms with Gasteiger partial charge in [-0.1, -0.05) is 6.07 Å². The number of hydrogen-bond donors (Lipinski definition) is 0. The molecule has 0 aliphatic carbocycles. The van der Waals surface area contributed by atoms with Crippen LogP contribution >= 0.6 is 0 Å². The van der Waals surface area contributed by atoms with E-state index in [1.165, 1.54) is 19.3 Å². The summed E-state index contributed by atoms with van der Waals surface area (Å²) in [4.78, 5) is 18.9. The fraction of sp³-hybridized carbons (Fsp3) is 0.0952. The zero-order valence-corrected chi connectivity index (χ0v) is 14.8. The minimum Gasteiger partial charge on any atom is -0.457 e. The fourth-order valence-corrected chi connectivity index (χ4v) is 2.56. The van der Waals surface area contributed by atoms with Crippen molar-refractivity contribution < 1.29 is 22.7 Å². The minimum absolute atomic E-state index is 0.224. The van der Waals surface area contributed by atoms with Gasteiger partial charge in [-0.2, -0.15) is 13.2 Å². The molecule has 3 aromatic rings. The van der Waals surface area contributed by atoms with Crippen molar-refractivity contribution in [3.63, 3.8) is 0 Å². The molecule has 28 heavy (non-hydrogen) atoms. The van der Waals surface area contributed by atoms with Crippen LogP contribution in [0.5, 0.6) is 11.5 Å². The smallest absolute Gasteiger partial charge is 0.416 e. The highest BCUT2D eigenvalue weighted by atomic mass is 19.4. The van der Waals surface area contributed by atoms with Crippen LogP contribution < -0.4 is 4.74 Å². The number of alkyl halides is 3. The van der Waals surface area contributed by atoms with Gasteiger partial charge in [0.15, 0.2) is 6.29 Å². The highest BCUT2D eigenvalue weighted by Crippen LogP contribution is 2.34. The molecular formula is C21H15F3N2O2. The molecule has 0 N–H and O–H groups in total. The monoisotopic (exact) mass is 384 g/mol. The molecule has 0 aliphatic rings. The summed E-state index contributed by atoms with van der Waals surface area (Å²) in [5, 5.41) is 0. The van der Waals surface area contributed by atoms with Gasteiger partial charge in [-0.3, -0.25) is 9.79 Å². The van der Waals surface area contributed by atoms with Crippen LogP contribution in [0.3, 0.4) is 0 Å². The van der Waals surface area contributed by atoms with Gasteiger partial charge < -0.3 is 4.74 Å².